The van der Waals surface area contributed by atoms with Crippen molar-refractivity contribution in [2.45, 2.75) is 4.90 Å². The molecule has 132 valence electrons. The van der Waals surface area contributed by atoms with Crippen LogP contribution in [-0.2, 0) is 9.63 Å². The summed E-state index contributed by atoms with van der Waals surface area (Å²) in [5.41, 5.74) is 1.41. The predicted octanol–water partition coefficient (Wildman–Crippen LogP) is 3.41. The summed E-state index contributed by atoms with van der Waals surface area (Å²) in [6.07, 6.45) is 3.45. The second-order valence-corrected chi connectivity index (χ2v) is 5.78. The number of benzene rings is 2. The number of anilines is 1. The van der Waals surface area contributed by atoms with Crippen molar-refractivity contribution in [2.24, 2.45) is 5.16 Å². The van der Waals surface area contributed by atoms with E-state index in [1.807, 2.05) is 30.5 Å². The molecule has 2 aromatic carbocycles. The van der Waals surface area contributed by atoms with Gasteiger partial charge in [0.1, 0.15) is 11.5 Å². The van der Waals surface area contributed by atoms with Gasteiger partial charge in [0.2, 0.25) is 0 Å². The Hall–Kier alpha value is -2.67. The molecule has 0 saturated heterocycles. The van der Waals surface area contributed by atoms with E-state index in [-0.39, 0.29) is 12.5 Å². The minimum Gasteiger partial charge on any atom is -0.497 e. The molecule has 0 aliphatic heterocycles. The Morgan fingerprint density at radius 1 is 1.20 bits per heavy atom. The van der Waals surface area contributed by atoms with Crippen LogP contribution in [0.2, 0.25) is 0 Å². The molecule has 0 aromatic heterocycles. The Kier molecular flexibility index (Phi) is 7.16. The van der Waals surface area contributed by atoms with Gasteiger partial charge in [-0.1, -0.05) is 11.2 Å². The molecule has 6 nitrogen and oxygen atoms in total. The molecule has 0 heterocycles. The SMILES string of the molecule is COc1ccc(OC)c(/C=N\OCC(=O)Nc2cccc(SC)c2)c1. The number of ether oxygens (including phenoxy) is 2. The van der Waals surface area contributed by atoms with E-state index < -0.39 is 0 Å². The van der Waals surface area contributed by atoms with Crippen LogP contribution >= 0.6 is 11.8 Å². The van der Waals surface area contributed by atoms with Gasteiger partial charge in [0.25, 0.3) is 5.91 Å². The van der Waals surface area contributed by atoms with E-state index in [2.05, 4.69) is 10.5 Å². The summed E-state index contributed by atoms with van der Waals surface area (Å²) in [5.74, 6) is 1.02. The van der Waals surface area contributed by atoms with Gasteiger partial charge in [-0.15, -0.1) is 11.8 Å². The number of nitrogens with one attached hydrogen (secondary N) is 1. The third-order valence-electron chi connectivity index (χ3n) is 3.25. The van der Waals surface area contributed by atoms with E-state index in [0.717, 1.165) is 10.6 Å². The lowest BCUT2D eigenvalue weighted by Crippen LogP contribution is -2.16. The van der Waals surface area contributed by atoms with Gasteiger partial charge in [-0.05, 0) is 42.7 Å². The van der Waals surface area contributed by atoms with Gasteiger partial charge in [-0.25, -0.2) is 0 Å². The van der Waals surface area contributed by atoms with Crippen LogP contribution in [0.4, 0.5) is 5.69 Å². The molecule has 0 aliphatic rings. The summed E-state index contributed by atoms with van der Waals surface area (Å²) in [6.45, 7) is -0.188. The second kappa shape index (κ2) is 9.58. The third kappa shape index (κ3) is 5.72. The summed E-state index contributed by atoms with van der Waals surface area (Å²) in [7, 11) is 3.14. The molecule has 0 fully saturated rings. The van der Waals surface area contributed by atoms with Crippen molar-refractivity contribution in [3.63, 3.8) is 0 Å². The maximum Gasteiger partial charge on any atom is 0.265 e. The van der Waals surface area contributed by atoms with Crippen LogP contribution in [0.1, 0.15) is 5.56 Å². The minimum absolute atomic E-state index is 0.188. The standard InChI is InChI=1S/C18H20N2O4S/c1-22-15-7-8-17(23-2)13(9-15)11-19-24-12-18(21)20-14-5-4-6-16(10-14)25-3/h4-11H,12H2,1-3H3,(H,20,21)/b19-11-. The van der Waals surface area contributed by atoms with Crippen molar-refractivity contribution in [1.82, 2.24) is 0 Å². The molecule has 2 rings (SSSR count). The van der Waals surface area contributed by atoms with Crippen LogP contribution in [-0.4, -0.2) is 39.2 Å². The van der Waals surface area contributed by atoms with Gasteiger partial charge in [0.05, 0.1) is 20.4 Å². The van der Waals surface area contributed by atoms with E-state index >= 15 is 0 Å². The number of hydrogen-bond acceptors (Lipinski definition) is 6. The molecule has 0 atom stereocenters. The number of carbonyl (C=O) groups is 1. The van der Waals surface area contributed by atoms with E-state index in [9.17, 15) is 4.79 Å². The van der Waals surface area contributed by atoms with Crippen molar-refractivity contribution in [2.75, 3.05) is 32.4 Å². The van der Waals surface area contributed by atoms with Crippen LogP contribution < -0.4 is 14.8 Å². The number of amides is 1. The number of rotatable bonds is 8. The van der Waals surface area contributed by atoms with Crippen molar-refractivity contribution >= 4 is 29.6 Å². The first-order valence-corrected chi connectivity index (χ1v) is 8.70. The highest BCUT2D eigenvalue weighted by molar-refractivity contribution is 7.98. The molecule has 1 amide bonds. The highest BCUT2D eigenvalue weighted by atomic mass is 32.2. The predicted molar refractivity (Wildman–Crippen MR) is 99.9 cm³/mol. The van der Waals surface area contributed by atoms with Gasteiger partial charge in [-0.3, -0.25) is 4.79 Å². The molecular weight excluding hydrogens is 340 g/mol. The lowest BCUT2D eigenvalue weighted by Gasteiger charge is -2.07. The van der Waals surface area contributed by atoms with Crippen LogP contribution in [0.15, 0.2) is 52.5 Å². The lowest BCUT2D eigenvalue weighted by molar-refractivity contribution is -0.120. The Morgan fingerprint density at radius 2 is 2.04 bits per heavy atom. The number of oxime groups is 1. The van der Waals surface area contributed by atoms with Crippen LogP contribution in [0.3, 0.4) is 0 Å². The van der Waals surface area contributed by atoms with Gasteiger partial charge in [0, 0.05) is 16.1 Å². The zero-order valence-electron chi connectivity index (χ0n) is 14.3. The second-order valence-electron chi connectivity index (χ2n) is 4.90. The summed E-state index contributed by atoms with van der Waals surface area (Å²) < 4.78 is 10.4. The largest absolute Gasteiger partial charge is 0.497 e. The smallest absolute Gasteiger partial charge is 0.265 e. The van der Waals surface area contributed by atoms with Crippen molar-refractivity contribution < 1.29 is 19.1 Å². The number of thioether (sulfide) groups is 1. The first-order chi connectivity index (χ1) is 12.2. The fourth-order valence-electron chi connectivity index (χ4n) is 2.03. The lowest BCUT2D eigenvalue weighted by atomic mass is 10.2. The number of nitrogens with zero attached hydrogens (tertiary/aromatic N) is 1. The Bertz CT molecular complexity index is 750. The molecule has 0 saturated carbocycles. The quantitative estimate of drug-likeness (QED) is 0.444. The van der Waals surface area contributed by atoms with Crippen molar-refractivity contribution in [3.8, 4) is 11.5 Å². The molecule has 25 heavy (non-hydrogen) atoms. The number of methoxy groups -OCH3 is 2. The van der Waals surface area contributed by atoms with Crippen LogP contribution in [0, 0.1) is 0 Å². The number of hydrogen-bond donors (Lipinski definition) is 1. The van der Waals surface area contributed by atoms with E-state index in [1.54, 1.807) is 44.2 Å². The van der Waals surface area contributed by atoms with Crippen molar-refractivity contribution in [3.05, 3.63) is 48.0 Å². The highest BCUT2D eigenvalue weighted by Gasteiger charge is 2.05. The zero-order valence-corrected chi connectivity index (χ0v) is 15.1. The minimum atomic E-state index is -0.284. The van der Waals surface area contributed by atoms with Crippen molar-refractivity contribution in [1.29, 1.82) is 0 Å². The van der Waals surface area contributed by atoms with Gasteiger partial charge < -0.3 is 19.6 Å². The average Bonchev–Trinajstić information content (AvgIpc) is 2.65. The molecule has 7 heteroatoms. The van der Waals surface area contributed by atoms with E-state index in [4.69, 9.17) is 14.3 Å². The Balaban J connectivity index is 1.89. The highest BCUT2D eigenvalue weighted by Crippen LogP contribution is 2.22. The summed E-state index contributed by atoms with van der Waals surface area (Å²) in [5, 5.41) is 6.58. The fourth-order valence-corrected chi connectivity index (χ4v) is 2.49. The summed E-state index contributed by atoms with van der Waals surface area (Å²) in [4.78, 5) is 18.0. The molecule has 1 N–H and O–H groups in total. The zero-order chi connectivity index (χ0) is 18.1. The maximum absolute atomic E-state index is 11.9. The third-order valence-corrected chi connectivity index (χ3v) is 3.98. The first kappa shape index (κ1) is 18.7. The molecular formula is C18H20N2O4S. The first-order valence-electron chi connectivity index (χ1n) is 7.47. The molecule has 0 unspecified atom stereocenters. The molecule has 0 bridgehead atoms. The topological polar surface area (TPSA) is 69.1 Å². The number of carbonyl (C=O) groups excluding carboxylic acids is 1. The van der Waals surface area contributed by atoms with Gasteiger partial charge in [-0.2, -0.15) is 0 Å². The van der Waals surface area contributed by atoms with E-state index in [1.165, 1.54) is 6.21 Å². The Morgan fingerprint density at radius 3 is 2.76 bits per heavy atom. The monoisotopic (exact) mass is 360 g/mol. The molecule has 0 radical (unpaired) electrons. The molecule has 0 spiro atoms. The van der Waals surface area contributed by atoms with Crippen LogP contribution in [0.25, 0.3) is 0 Å². The van der Waals surface area contributed by atoms with E-state index in [0.29, 0.717) is 17.1 Å². The normalized spacial score (nSPS) is 10.5. The fraction of sp³-hybridized carbons (Fsp3) is 0.222. The summed E-state index contributed by atoms with van der Waals surface area (Å²) in [6, 6.07) is 12.9. The van der Waals surface area contributed by atoms with Gasteiger partial charge >= 0.3 is 0 Å². The summed E-state index contributed by atoms with van der Waals surface area (Å²) >= 11 is 1.61. The van der Waals surface area contributed by atoms with Gasteiger partial charge in [0.15, 0.2) is 6.61 Å². The molecule has 2 aromatic rings. The average molecular weight is 360 g/mol. The Labute approximate surface area is 151 Å². The van der Waals surface area contributed by atoms with Crippen LogP contribution in [0.5, 0.6) is 11.5 Å². The molecule has 0 aliphatic carbocycles. The maximum atomic E-state index is 11.9.